The van der Waals surface area contributed by atoms with E-state index in [1.807, 2.05) is 25.1 Å². The van der Waals surface area contributed by atoms with Crippen molar-refractivity contribution in [3.05, 3.63) is 47.2 Å². The molecule has 20 heavy (non-hydrogen) atoms. The topological polar surface area (TPSA) is 30.2 Å². The molecule has 2 nitrogen and oxygen atoms in total. The van der Waals surface area contributed by atoms with E-state index < -0.39 is 0 Å². The second-order valence-corrected chi connectivity index (χ2v) is 5.25. The highest BCUT2D eigenvalue weighted by Crippen LogP contribution is 2.28. The van der Waals surface area contributed by atoms with Crippen molar-refractivity contribution in [3.8, 4) is 11.3 Å². The third-order valence-electron chi connectivity index (χ3n) is 3.39. The lowest BCUT2D eigenvalue weighted by Crippen LogP contribution is -2.00. The van der Waals surface area contributed by atoms with Crippen molar-refractivity contribution in [1.29, 1.82) is 0 Å². The minimum absolute atomic E-state index is 0.120. The standard InChI is InChI=1S/C18H22O2/c1-4-6-15-12-17(14-10-8-13(3)9-11-14)20-18(15)16(19)7-5-2/h8-12H,4-7H2,1-3H3. The van der Waals surface area contributed by atoms with Crippen molar-refractivity contribution in [1.82, 2.24) is 0 Å². The molecular formula is C18H22O2. The van der Waals surface area contributed by atoms with Gasteiger partial charge in [-0.05, 0) is 25.8 Å². The first-order valence-electron chi connectivity index (χ1n) is 7.38. The van der Waals surface area contributed by atoms with Crippen LogP contribution in [0.5, 0.6) is 0 Å². The molecule has 0 fully saturated rings. The predicted octanol–water partition coefficient (Wildman–Crippen LogP) is 5.19. The van der Waals surface area contributed by atoms with Crippen LogP contribution in [-0.2, 0) is 6.42 Å². The normalized spacial score (nSPS) is 10.8. The van der Waals surface area contributed by atoms with Gasteiger partial charge in [0.2, 0.25) is 0 Å². The molecule has 1 aromatic heterocycles. The van der Waals surface area contributed by atoms with Crippen LogP contribution >= 0.6 is 0 Å². The van der Waals surface area contributed by atoms with Crippen molar-refractivity contribution in [2.75, 3.05) is 0 Å². The van der Waals surface area contributed by atoms with E-state index in [0.717, 1.165) is 36.1 Å². The predicted molar refractivity (Wildman–Crippen MR) is 82.1 cm³/mol. The van der Waals surface area contributed by atoms with E-state index in [4.69, 9.17) is 4.42 Å². The van der Waals surface area contributed by atoms with Crippen LogP contribution in [0.25, 0.3) is 11.3 Å². The molecule has 1 aromatic carbocycles. The van der Waals surface area contributed by atoms with Crippen LogP contribution in [0.1, 0.15) is 54.8 Å². The van der Waals surface area contributed by atoms with Gasteiger partial charge in [0.15, 0.2) is 11.5 Å². The zero-order chi connectivity index (χ0) is 14.5. The van der Waals surface area contributed by atoms with E-state index in [1.165, 1.54) is 5.56 Å². The van der Waals surface area contributed by atoms with Gasteiger partial charge in [-0.15, -0.1) is 0 Å². The highest BCUT2D eigenvalue weighted by molar-refractivity contribution is 5.95. The molecule has 0 aliphatic rings. The Kier molecular flexibility index (Phi) is 4.78. The van der Waals surface area contributed by atoms with Crippen LogP contribution in [0.2, 0.25) is 0 Å². The fourth-order valence-electron chi connectivity index (χ4n) is 2.32. The second-order valence-electron chi connectivity index (χ2n) is 5.25. The first-order valence-corrected chi connectivity index (χ1v) is 7.38. The van der Waals surface area contributed by atoms with Crippen molar-refractivity contribution < 1.29 is 9.21 Å². The molecule has 0 amide bonds. The number of ketones is 1. The number of carbonyl (C=O) groups excluding carboxylic acids is 1. The highest BCUT2D eigenvalue weighted by atomic mass is 16.3. The van der Waals surface area contributed by atoms with Gasteiger partial charge in [-0.25, -0.2) is 0 Å². The molecule has 0 radical (unpaired) electrons. The Hall–Kier alpha value is -1.83. The minimum atomic E-state index is 0.120. The lowest BCUT2D eigenvalue weighted by molar-refractivity contribution is 0.0954. The Morgan fingerprint density at radius 3 is 2.40 bits per heavy atom. The van der Waals surface area contributed by atoms with Crippen molar-refractivity contribution >= 4 is 5.78 Å². The molecule has 2 aromatic rings. The molecule has 0 spiro atoms. The maximum atomic E-state index is 12.1. The lowest BCUT2D eigenvalue weighted by atomic mass is 10.0. The molecule has 1 heterocycles. The number of benzene rings is 1. The number of rotatable bonds is 6. The maximum Gasteiger partial charge on any atom is 0.198 e. The van der Waals surface area contributed by atoms with Gasteiger partial charge in [0.05, 0.1) is 0 Å². The zero-order valence-electron chi connectivity index (χ0n) is 12.5. The molecule has 0 aliphatic carbocycles. The molecule has 0 saturated heterocycles. The van der Waals surface area contributed by atoms with E-state index in [1.54, 1.807) is 0 Å². The first-order chi connectivity index (χ1) is 9.65. The number of carbonyl (C=O) groups is 1. The van der Waals surface area contributed by atoms with Gasteiger partial charge in [-0.1, -0.05) is 50.1 Å². The molecule has 2 rings (SSSR count). The van der Waals surface area contributed by atoms with Gasteiger partial charge >= 0.3 is 0 Å². The van der Waals surface area contributed by atoms with E-state index in [-0.39, 0.29) is 5.78 Å². The van der Waals surface area contributed by atoms with E-state index in [0.29, 0.717) is 12.2 Å². The van der Waals surface area contributed by atoms with E-state index in [2.05, 4.69) is 26.0 Å². The van der Waals surface area contributed by atoms with Gasteiger partial charge in [0.25, 0.3) is 0 Å². The Bertz CT molecular complexity index is 576. The summed E-state index contributed by atoms with van der Waals surface area (Å²) in [7, 11) is 0. The molecule has 0 atom stereocenters. The van der Waals surface area contributed by atoms with Gasteiger partial charge in [0.1, 0.15) is 5.76 Å². The van der Waals surface area contributed by atoms with Crippen molar-refractivity contribution in [2.24, 2.45) is 0 Å². The molecule has 106 valence electrons. The van der Waals surface area contributed by atoms with Crippen molar-refractivity contribution in [3.63, 3.8) is 0 Å². The largest absolute Gasteiger partial charge is 0.453 e. The summed E-state index contributed by atoms with van der Waals surface area (Å²) >= 11 is 0. The Balaban J connectivity index is 2.37. The maximum absolute atomic E-state index is 12.1. The molecule has 2 heteroatoms. The molecular weight excluding hydrogens is 248 g/mol. The van der Waals surface area contributed by atoms with Crippen LogP contribution in [0.4, 0.5) is 0 Å². The Morgan fingerprint density at radius 2 is 1.80 bits per heavy atom. The van der Waals surface area contributed by atoms with E-state index >= 15 is 0 Å². The molecule has 0 saturated carbocycles. The lowest BCUT2D eigenvalue weighted by Gasteiger charge is -1.99. The van der Waals surface area contributed by atoms with Crippen LogP contribution in [-0.4, -0.2) is 5.78 Å². The summed E-state index contributed by atoms with van der Waals surface area (Å²) < 4.78 is 5.86. The molecule has 0 N–H and O–H groups in total. The van der Waals surface area contributed by atoms with Crippen LogP contribution < -0.4 is 0 Å². The number of Topliss-reactive ketones (excluding diaryl/α,β-unsaturated/α-hetero) is 1. The summed E-state index contributed by atoms with van der Waals surface area (Å²) in [4.78, 5) is 12.1. The summed E-state index contributed by atoms with van der Waals surface area (Å²) in [6, 6.07) is 10.2. The third-order valence-corrected chi connectivity index (χ3v) is 3.39. The number of aryl methyl sites for hydroxylation is 2. The summed E-state index contributed by atoms with van der Waals surface area (Å²) in [5, 5.41) is 0. The highest BCUT2D eigenvalue weighted by Gasteiger charge is 2.17. The SMILES string of the molecule is CCCC(=O)c1oc(-c2ccc(C)cc2)cc1CCC. The Morgan fingerprint density at radius 1 is 1.10 bits per heavy atom. The van der Waals surface area contributed by atoms with Crippen LogP contribution in [0.3, 0.4) is 0 Å². The monoisotopic (exact) mass is 270 g/mol. The molecule has 0 unspecified atom stereocenters. The molecule has 0 aliphatic heterocycles. The quantitative estimate of drug-likeness (QED) is 0.676. The number of hydrogen-bond donors (Lipinski definition) is 0. The third kappa shape index (κ3) is 3.19. The molecule has 0 bridgehead atoms. The minimum Gasteiger partial charge on any atom is -0.453 e. The first kappa shape index (κ1) is 14.6. The summed E-state index contributed by atoms with van der Waals surface area (Å²) in [6.07, 6.45) is 3.31. The average Bonchev–Trinajstić information content (AvgIpc) is 2.84. The van der Waals surface area contributed by atoms with Gasteiger partial charge in [-0.2, -0.15) is 0 Å². The second kappa shape index (κ2) is 6.56. The fourth-order valence-corrected chi connectivity index (χ4v) is 2.32. The zero-order valence-corrected chi connectivity index (χ0v) is 12.5. The number of hydrogen-bond acceptors (Lipinski definition) is 2. The van der Waals surface area contributed by atoms with Crippen LogP contribution in [0, 0.1) is 6.92 Å². The summed E-state index contributed by atoms with van der Waals surface area (Å²) in [6.45, 7) is 6.19. The summed E-state index contributed by atoms with van der Waals surface area (Å²) in [5.74, 6) is 1.48. The van der Waals surface area contributed by atoms with Gasteiger partial charge in [-0.3, -0.25) is 4.79 Å². The number of furan rings is 1. The average molecular weight is 270 g/mol. The van der Waals surface area contributed by atoms with E-state index in [9.17, 15) is 4.79 Å². The van der Waals surface area contributed by atoms with Gasteiger partial charge < -0.3 is 4.42 Å². The smallest absolute Gasteiger partial charge is 0.198 e. The fraction of sp³-hybridized carbons (Fsp3) is 0.389. The summed E-state index contributed by atoms with van der Waals surface area (Å²) in [5.41, 5.74) is 3.29. The van der Waals surface area contributed by atoms with Gasteiger partial charge in [0, 0.05) is 17.5 Å². The Labute approximate surface area is 120 Å². The van der Waals surface area contributed by atoms with Crippen molar-refractivity contribution in [2.45, 2.75) is 46.5 Å². The van der Waals surface area contributed by atoms with Crippen LogP contribution in [0.15, 0.2) is 34.7 Å².